The Bertz CT molecular complexity index is 575. The van der Waals surface area contributed by atoms with Gasteiger partial charge in [0.2, 0.25) is 5.88 Å². The minimum atomic E-state index is 0.660. The molecule has 1 aliphatic heterocycles. The summed E-state index contributed by atoms with van der Waals surface area (Å²) in [6.07, 6.45) is 4.45. The maximum Gasteiger partial charge on any atom is 0.221 e. The van der Waals surface area contributed by atoms with Gasteiger partial charge in [-0.25, -0.2) is 4.98 Å². The number of fused-ring (bicyclic) bond motifs is 3. The molecule has 3 rings (SSSR count). The molecule has 16 heavy (non-hydrogen) atoms. The molecule has 2 aromatic rings. The normalized spacial score (nSPS) is 13.3. The van der Waals surface area contributed by atoms with E-state index in [0.29, 0.717) is 5.88 Å². The van der Waals surface area contributed by atoms with E-state index in [0.717, 1.165) is 28.6 Å². The van der Waals surface area contributed by atoms with Crippen molar-refractivity contribution in [3.8, 4) is 11.6 Å². The predicted molar refractivity (Wildman–Crippen MR) is 61.8 cm³/mol. The molecule has 0 radical (unpaired) electrons. The van der Waals surface area contributed by atoms with Crippen LogP contribution in [0, 0.1) is 0 Å². The highest BCUT2D eigenvalue weighted by Crippen LogP contribution is 2.35. The van der Waals surface area contributed by atoms with Crippen LogP contribution >= 0.6 is 0 Å². The van der Waals surface area contributed by atoms with E-state index >= 15 is 0 Å². The quantitative estimate of drug-likeness (QED) is 0.729. The molecule has 1 aliphatic rings. The molecule has 0 atom stereocenters. The molecule has 0 N–H and O–H groups in total. The van der Waals surface area contributed by atoms with Gasteiger partial charge in [0.15, 0.2) is 5.75 Å². The lowest BCUT2D eigenvalue weighted by Crippen LogP contribution is -2.02. The number of ether oxygens (including phenoxy) is 2. The SMILES string of the molecule is COc1nc2c(c3ccccc13)OC=CC2. The van der Waals surface area contributed by atoms with Crippen LogP contribution in [0.3, 0.4) is 0 Å². The Hall–Kier alpha value is -2.03. The molecule has 1 aromatic carbocycles. The van der Waals surface area contributed by atoms with Gasteiger partial charge in [-0.3, -0.25) is 0 Å². The van der Waals surface area contributed by atoms with E-state index in [9.17, 15) is 0 Å². The maximum absolute atomic E-state index is 5.54. The molecule has 0 spiro atoms. The fourth-order valence-corrected chi connectivity index (χ4v) is 1.96. The summed E-state index contributed by atoms with van der Waals surface area (Å²) in [4.78, 5) is 4.46. The third-order valence-corrected chi connectivity index (χ3v) is 2.69. The average Bonchev–Trinajstić information content (AvgIpc) is 2.38. The summed E-state index contributed by atoms with van der Waals surface area (Å²) in [6.45, 7) is 0. The Morgan fingerprint density at radius 1 is 1.25 bits per heavy atom. The molecule has 80 valence electrons. The van der Waals surface area contributed by atoms with E-state index in [1.807, 2.05) is 30.3 Å². The Balaban J connectivity index is 2.38. The zero-order chi connectivity index (χ0) is 11.0. The predicted octanol–water partition coefficient (Wildman–Crippen LogP) is 2.69. The second kappa shape index (κ2) is 3.52. The Morgan fingerprint density at radius 2 is 2.06 bits per heavy atom. The summed E-state index contributed by atoms with van der Waals surface area (Å²) in [5.41, 5.74) is 0.929. The van der Waals surface area contributed by atoms with Gasteiger partial charge in [0.1, 0.15) is 0 Å². The molecule has 3 heteroatoms. The summed E-state index contributed by atoms with van der Waals surface area (Å²) in [7, 11) is 1.64. The number of allylic oxidation sites excluding steroid dienone is 1. The number of hydrogen-bond acceptors (Lipinski definition) is 3. The molecule has 0 saturated carbocycles. The maximum atomic E-state index is 5.54. The molecular weight excluding hydrogens is 202 g/mol. The molecular formula is C13H11NO2. The Morgan fingerprint density at radius 3 is 2.88 bits per heavy atom. The number of rotatable bonds is 1. The van der Waals surface area contributed by atoms with Crippen molar-refractivity contribution in [3.63, 3.8) is 0 Å². The Labute approximate surface area is 93.3 Å². The minimum absolute atomic E-state index is 0.660. The van der Waals surface area contributed by atoms with Gasteiger partial charge in [-0.2, -0.15) is 0 Å². The monoisotopic (exact) mass is 213 g/mol. The lowest BCUT2D eigenvalue weighted by Gasteiger charge is -2.15. The topological polar surface area (TPSA) is 31.4 Å². The van der Waals surface area contributed by atoms with Crippen molar-refractivity contribution in [2.45, 2.75) is 6.42 Å². The minimum Gasteiger partial charge on any atom is -0.481 e. The zero-order valence-corrected chi connectivity index (χ0v) is 8.93. The highest BCUT2D eigenvalue weighted by Gasteiger charge is 2.16. The standard InChI is InChI=1S/C13H11NO2/c1-15-13-10-6-3-2-5-9(10)12-11(14-13)7-4-8-16-12/h2-6,8H,7H2,1H3. The number of methoxy groups -OCH3 is 1. The van der Waals surface area contributed by atoms with E-state index in [-0.39, 0.29) is 0 Å². The first-order chi connectivity index (χ1) is 7.90. The highest BCUT2D eigenvalue weighted by atomic mass is 16.5. The van der Waals surface area contributed by atoms with Gasteiger partial charge < -0.3 is 9.47 Å². The fourth-order valence-electron chi connectivity index (χ4n) is 1.96. The van der Waals surface area contributed by atoms with Gasteiger partial charge in [0.25, 0.3) is 0 Å². The number of nitrogens with zero attached hydrogens (tertiary/aromatic N) is 1. The molecule has 0 fully saturated rings. The van der Waals surface area contributed by atoms with Crippen molar-refractivity contribution in [1.82, 2.24) is 4.98 Å². The van der Waals surface area contributed by atoms with Crippen LogP contribution in [0.4, 0.5) is 0 Å². The van der Waals surface area contributed by atoms with Gasteiger partial charge >= 0.3 is 0 Å². The lowest BCUT2D eigenvalue weighted by atomic mass is 10.1. The van der Waals surface area contributed by atoms with Crippen LogP contribution in [0.15, 0.2) is 36.6 Å². The van der Waals surface area contributed by atoms with Crippen molar-refractivity contribution in [2.75, 3.05) is 7.11 Å². The van der Waals surface area contributed by atoms with E-state index in [1.54, 1.807) is 13.4 Å². The highest BCUT2D eigenvalue weighted by molar-refractivity contribution is 5.92. The van der Waals surface area contributed by atoms with Crippen molar-refractivity contribution in [1.29, 1.82) is 0 Å². The van der Waals surface area contributed by atoms with Crippen LogP contribution in [-0.2, 0) is 6.42 Å². The fraction of sp³-hybridized carbons (Fsp3) is 0.154. The van der Waals surface area contributed by atoms with E-state index in [1.165, 1.54) is 0 Å². The van der Waals surface area contributed by atoms with Crippen LogP contribution in [0.1, 0.15) is 5.69 Å². The third-order valence-electron chi connectivity index (χ3n) is 2.69. The summed E-state index contributed by atoms with van der Waals surface area (Å²) >= 11 is 0. The smallest absolute Gasteiger partial charge is 0.221 e. The summed E-state index contributed by atoms with van der Waals surface area (Å²) in [5.74, 6) is 1.51. The van der Waals surface area contributed by atoms with Crippen LogP contribution in [0.5, 0.6) is 11.6 Å². The van der Waals surface area contributed by atoms with Crippen molar-refractivity contribution >= 4 is 10.8 Å². The first-order valence-corrected chi connectivity index (χ1v) is 5.17. The number of pyridine rings is 1. The molecule has 0 unspecified atom stereocenters. The van der Waals surface area contributed by atoms with Gasteiger partial charge in [-0.05, 0) is 12.1 Å². The van der Waals surface area contributed by atoms with Crippen molar-refractivity contribution in [3.05, 3.63) is 42.3 Å². The largest absolute Gasteiger partial charge is 0.481 e. The molecule has 0 saturated heterocycles. The number of aromatic nitrogens is 1. The summed E-state index contributed by atoms with van der Waals surface area (Å²) < 4.78 is 10.8. The first-order valence-electron chi connectivity index (χ1n) is 5.17. The molecule has 0 amide bonds. The molecule has 3 nitrogen and oxygen atoms in total. The summed E-state index contributed by atoms with van der Waals surface area (Å²) in [5, 5.41) is 2.03. The second-order valence-corrected chi connectivity index (χ2v) is 3.64. The molecule has 2 heterocycles. The zero-order valence-electron chi connectivity index (χ0n) is 8.93. The van der Waals surface area contributed by atoms with E-state index in [4.69, 9.17) is 9.47 Å². The first kappa shape index (κ1) is 9.21. The third kappa shape index (κ3) is 1.25. The second-order valence-electron chi connectivity index (χ2n) is 3.64. The van der Waals surface area contributed by atoms with E-state index < -0.39 is 0 Å². The van der Waals surface area contributed by atoms with Gasteiger partial charge in [0.05, 0.1) is 19.1 Å². The van der Waals surface area contributed by atoms with Gasteiger partial charge in [-0.15, -0.1) is 0 Å². The van der Waals surface area contributed by atoms with Gasteiger partial charge in [-0.1, -0.05) is 18.2 Å². The Kier molecular flexibility index (Phi) is 2.03. The average molecular weight is 213 g/mol. The van der Waals surface area contributed by atoms with Crippen molar-refractivity contribution < 1.29 is 9.47 Å². The van der Waals surface area contributed by atoms with Crippen LogP contribution in [0.25, 0.3) is 10.8 Å². The lowest BCUT2D eigenvalue weighted by molar-refractivity contribution is 0.397. The van der Waals surface area contributed by atoms with Crippen molar-refractivity contribution in [2.24, 2.45) is 0 Å². The molecule has 1 aromatic heterocycles. The van der Waals surface area contributed by atoms with Crippen LogP contribution < -0.4 is 9.47 Å². The molecule has 0 bridgehead atoms. The molecule has 0 aliphatic carbocycles. The van der Waals surface area contributed by atoms with Crippen LogP contribution in [-0.4, -0.2) is 12.1 Å². The van der Waals surface area contributed by atoms with Crippen LogP contribution in [0.2, 0.25) is 0 Å². The van der Waals surface area contributed by atoms with Gasteiger partial charge in [0, 0.05) is 17.2 Å². The summed E-state index contributed by atoms with van der Waals surface area (Å²) in [6, 6.07) is 7.97. The number of hydrogen-bond donors (Lipinski definition) is 0. The van der Waals surface area contributed by atoms with E-state index in [2.05, 4.69) is 4.98 Å². The number of benzene rings is 1.